The number of hydrogen-bond acceptors (Lipinski definition) is 5. The van der Waals surface area contributed by atoms with Gasteiger partial charge in [-0.25, -0.2) is 4.98 Å². The quantitative estimate of drug-likeness (QED) is 0.459. The van der Waals surface area contributed by atoms with Gasteiger partial charge >= 0.3 is 0 Å². The number of amides is 2. The molecule has 0 unspecified atom stereocenters. The lowest BCUT2D eigenvalue weighted by Gasteiger charge is -2.17. The van der Waals surface area contributed by atoms with Gasteiger partial charge in [0.25, 0.3) is 5.91 Å². The smallest absolute Gasteiger partial charge is 0.262 e. The van der Waals surface area contributed by atoms with Gasteiger partial charge in [-0.3, -0.25) is 14.5 Å². The molecule has 0 radical (unpaired) electrons. The van der Waals surface area contributed by atoms with Gasteiger partial charge in [-0.1, -0.05) is 31.5 Å². The Morgan fingerprint density at radius 2 is 2.08 bits per heavy atom. The van der Waals surface area contributed by atoms with Gasteiger partial charge in [0, 0.05) is 18.8 Å². The fourth-order valence-corrected chi connectivity index (χ4v) is 3.06. The van der Waals surface area contributed by atoms with Gasteiger partial charge in [-0.15, -0.1) is 11.3 Å². The molecular weight excluding hydrogens is 348 g/mol. The van der Waals surface area contributed by atoms with Crippen LogP contribution < -0.4 is 10.2 Å². The van der Waals surface area contributed by atoms with Gasteiger partial charge in [0.2, 0.25) is 5.91 Å². The largest absolute Gasteiger partial charge is 0.351 e. The fraction of sp³-hybridized carbons (Fsp3) is 0.263. The van der Waals surface area contributed by atoms with Crippen molar-refractivity contribution in [3.63, 3.8) is 0 Å². The molecule has 0 atom stereocenters. The molecule has 0 saturated carbocycles. The number of thiazole rings is 1. The number of carbonyl (C=O) groups is 2. The fourth-order valence-electron chi connectivity index (χ4n) is 2.22. The Kier molecular flexibility index (Phi) is 7.06. The standard InChI is InChI=1S/C19H20N4O2S/c1-3-4-10-21-18(25)15(12-20)11-16-13-26-19(22-16)23(14(2)24)17-8-6-5-7-9-17/h5-9,11,13H,3-4,10H2,1-2H3,(H,21,25)/b15-11+. The number of anilines is 2. The minimum absolute atomic E-state index is 0.00737. The van der Waals surface area contributed by atoms with Gasteiger partial charge in [0.15, 0.2) is 5.13 Å². The number of nitrogens with zero attached hydrogens (tertiary/aromatic N) is 3. The van der Waals surface area contributed by atoms with Crippen LogP contribution in [0.2, 0.25) is 0 Å². The van der Waals surface area contributed by atoms with Crippen LogP contribution >= 0.6 is 11.3 Å². The number of aromatic nitrogens is 1. The molecule has 0 bridgehead atoms. The maximum atomic E-state index is 12.0. The first-order chi connectivity index (χ1) is 12.6. The van der Waals surface area contributed by atoms with Crippen molar-refractivity contribution in [2.24, 2.45) is 0 Å². The molecular formula is C19H20N4O2S. The topological polar surface area (TPSA) is 86.1 Å². The van der Waals surface area contributed by atoms with Crippen LogP contribution in [0.5, 0.6) is 0 Å². The van der Waals surface area contributed by atoms with Gasteiger partial charge in [-0.05, 0) is 24.6 Å². The molecule has 7 heteroatoms. The van der Waals surface area contributed by atoms with E-state index in [1.807, 2.05) is 43.3 Å². The highest BCUT2D eigenvalue weighted by Crippen LogP contribution is 2.29. The Hall–Kier alpha value is -2.98. The summed E-state index contributed by atoms with van der Waals surface area (Å²) in [6.07, 6.45) is 3.25. The van der Waals surface area contributed by atoms with Gasteiger partial charge in [0.1, 0.15) is 11.6 Å². The maximum absolute atomic E-state index is 12.0. The number of nitrogens with one attached hydrogen (secondary N) is 1. The number of unbranched alkanes of at least 4 members (excludes halogenated alkanes) is 1. The van der Waals surface area contributed by atoms with Crippen LogP contribution in [0.1, 0.15) is 32.4 Å². The number of carbonyl (C=O) groups excluding carboxylic acids is 2. The number of nitriles is 1. The zero-order valence-corrected chi connectivity index (χ0v) is 15.5. The van der Waals surface area contributed by atoms with E-state index in [-0.39, 0.29) is 11.5 Å². The maximum Gasteiger partial charge on any atom is 0.262 e. The summed E-state index contributed by atoms with van der Waals surface area (Å²) >= 11 is 1.27. The van der Waals surface area contributed by atoms with Crippen LogP contribution in [0.3, 0.4) is 0 Å². The van der Waals surface area contributed by atoms with Crippen LogP contribution in [0.25, 0.3) is 6.08 Å². The summed E-state index contributed by atoms with van der Waals surface area (Å²) < 4.78 is 0. The molecule has 0 aliphatic heterocycles. The molecule has 134 valence electrons. The SMILES string of the molecule is CCCCNC(=O)/C(C#N)=C/c1csc(N(C(C)=O)c2ccccc2)n1. The highest BCUT2D eigenvalue weighted by atomic mass is 32.1. The Morgan fingerprint density at radius 1 is 1.35 bits per heavy atom. The molecule has 2 aromatic rings. The zero-order chi connectivity index (χ0) is 18.9. The lowest BCUT2D eigenvalue weighted by atomic mass is 10.2. The van der Waals surface area contributed by atoms with Gasteiger partial charge in [-0.2, -0.15) is 5.26 Å². The van der Waals surface area contributed by atoms with Crippen LogP contribution in [0.15, 0.2) is 41.3 Å². The molecule has 1 aromatic carbocycles. The molecule has 0 saturated heterocycles. The number of para-hydroxylation sites is 1. The first-order valence-electron chi connectivity index (χ1n) is 8.28. The summed E-state index contributed by atoms with van der Waals surface area (Å²) in [6.45, 7) is 4.02. The second-order valence-corrected chi connectivity index (χ2v) is 6.36. The van der Waals surface area contributed by atoms with E-state index in [2.05, 4.69) is 10.3 Å². The van der Waals surface area contributed by atoms with E-state index in [0.717, 1.165) is 12.8 Å². The second kappa shape index (κ2) is 9.49. The van der Waals surface area contributed by atoms with E-state index in [0.29, 0.717) is 23.1 Å². The van der Waals surface area contributed by atoms with Crippen molar-refractivity contribution >= 4 is 40.0 Å². The molecule has 1 N–H and O–H groups in total. The average Bonchev–Trinajstić information content (AvgIpc) is 3.08. The summed E-state index contributed by atoms with van der Waals surface area (Å²) in [5, 5.41) is 14.1. The Bertz CT molecular complexity index is 837. The van der Waals surface area contributed by atoms with Crippen LogP contribution in [-0.4, -0.2) is 23.3 Å². The van der Waals surface area contributed by atoms with Crippen molar-refractivity contribution in [1.29, 1.82) is 5.26 Å². The van der Waals surface area contributed by atoms with Crippen molar-refractivity contribution in [1.82, 2.24) is 10.3 Å². The number of benzene rings is 1. The summed E-state index contributed by atoms with van der Waals surface area (Å²) in [4.78, 5) is 30.0. The first-order valence-corrected chi connectivity index (χ1v) is 9.16. The van der Waals surface area contributed by atoms with E-state index in [1.54, 1.807) is 5.38 Å². The minimum atomic E-state index is -0.415. The highest BCUT2D eigenvalue weighted by Gasteiger charge is 2.18. The van der Waals surface area contributed by atoms with Crippen molar-refractivity contribution in [2.45, 2.75) is 26.7 Å². The average molecular weight is 368 g/mol. The van der Waals surface area contributed by atoms with Crippen LogP contribution in [0, 0.1) is 11.3 Å². The summed E-state index contributed by atoms with van der Waals surface area (Å²) in [7, 11) is 0. The van der Waals surface area contributed by atoms with Gasteiger partial charge in [0.05, 0.1) is 11.4 Å². The summed E-state index contributed by atoms with van der Waals surface area (Å²) in [5.41, 5.74) is 1.17. The van der Waals surface area contributed by atoms with E-state index in [9.17, 15) is 14.9 Å². The lowest BCUT2D eigenvalue weighted by molar-refractivity contribution is -0.117. The molecule has 6 nitrogen and oxygen atoms in total. The number of hydrogen-bond donors (Lipinski definition) is 1. The van der Waals surface area contributed by atoms with Gasteiger partial charge < -0.3 is 5.32 Å². The molecule has 2 amide bonds. The third kappa shape index (κ3) is 5.01. The summed E-state index contributed by atoms with van der Waals surface area (Å²) in [5.74, 6) is -0.583. The van der Waals surface area contributed by atoms with Crippen molar-refractivity contribution < 1.29 is 9.59 Å². The van der Waals surface area contributed by atoms with E-state index in [1.165, 1.54) is 29.2 Å². The molecule has 26 heavy (non-hydrogen) atoms. The minimum Gasteiger partial charge on any atom is -0.351 e. The van der Waals surface area contributed by atoms with E-state index >= 15 is 0 Å². The van der Waals surface area contributed by atoms with E-state index in [4.69, 9.17) is 0 Å². The third-order valence-corrected chi connectivity index (χ3v) is 4.35. The molecule has 0 spiro atoms. The molecule has 0 fully saturated rings. The number of rotatable bonds is 7. The molecule has 1 aromatic heterocycles. The van der Waals surface area contributed by atoms with Crippen LogP contribution in [0.4, 0.5) is 10.8 Å². The monoisotopic (exact) mass is 368 g/mol. The Labute approximate surface area is 156 Å². The van der Waals surface area contributed by atoms with Crippen molar-refractivity contribution in [3.8, 4) is 6.07 Å². The normalized spacial score (nSPS) is 10.9. The molecule has 2 rings (SSSR count). The summed E-state index contributed by atoms with van der Waals surface area (Å²) in [6, 6.07) is 11.1. The molecule has 0 aliphatic carbocycles. The highest BCUT2D eigenvalue weighted by molar-refractivity contribution is 7.14. The predicted octanol–water partition coefficient (Wildman–Crippen LogP) is 3.65. The van der Waals surface area contributed by atoms with Crippen molar-refractivity contribution in [3.05, 3.63) is 47.0 Å². The Balaban J connectivity index is 2.23. The lowest BCUT2D eigenvalue weighted by Crippen LogP contribution is -2.25. The van der Waals surface area contributed by atoms with E-state index < -0.39 is 5.91 Å². The van der Waals surface area contributed by atoms with Crippen molar-refractivity contribution in [2.75, 3.05) is 11.4 Å². The predicted molar refractivity (Wildman–Crippen MR) is 103 cm³/mol. The molecule has 0 aliphatic rings. The zero-order valence-electron chi connectivity index (χ0n) is 14.7. The second-order valence-electron chi connectivity index (χ2n) is 5.52. The third-order valence-electron chi connectivity index (χ3n) is 3.50. The molecule has 1 heterocycles. The first kappa shape index (κ1) is 19.3. The van der Waals surface area contributed by atoms with Crippen LogP contribution in [-0.2, 0) is 9.59 Å². The Morgan fingerprint density at radius 3 is 2.69 bits per heavy atom.